The van der Waals surface area contributed by atoms with Gasteiger partial charge in [0.25, 0.3) is 0 Å². The van der Waals surface area contributed by atoms with Crippen molar-refractivity contribution in [2.24, 2.45) is 7.05 Å². The summed E-state index contributed by atoms with van der Waals surface area (Å²) >= 11 is 0. The Bertz CT molecular complexity index is 940. The van der Waals surface area contributed by atoms with E-state index in [9.17, 15) is 4.79 Å². The molecule has 0 aliphatic heterocycles. The molecular weight excluding hydrogens is 244 g/mol. The molecule has 19 heavy (non-hydrogen) atoms. The Morgan fingerprint density at radius 3 is 2.95 bits per heavy atom. The SMILES string of the molecule is Cn1c(=O)[nH]c2cc3[nH]c(-c4ccco4)nc3cc21. The Morgan fingerprint density at radius 2 is 2.16 bits per heavy atom. The molecule has 0 atom stereocenters. The average Bonchev–Trinajstić information content (AvgIpc) is 3.08. The van der Waals surface area contributed by atoms with Gasteiger partial charge in [0.2, 0.25) is 0 Å². The van der Waals surface area contributed by atoms with Crippen LogP contribution in [-0.2, 0) is 7.05 Å². The van der Waals surface area contributed by atoms with Crippen LogP contribution in [0.25, 0.3) is 33.7 Å². The highest BCUT2D eigenvalue weighted by molar-refractivity contribution is 5.92. The van der Waals surface area contributed by atoms with Gasteiger partial charge in [-0.25, -0.2) is 9.78 Å². The van der Waals surface area contributed by atoms with Crippen molar-refractivity contribution in [2.75, 3.05) is 0 Å². The van der Waals surface area contributed by atoms with Crippen LogP contribution in [0.5, 0.6) is 0 Å². The highest BCUT2D eigenvalue weighted by atomic mass is 16.3. The summed E-state index contributed by atoms with van der Waals surface area (Å²) in [7, 11) is 1.73. The maximum atomic E-state index is 11.6. The van der Waals surface area contributed by atoms with Crippen LogP contribution in [0.15, 0.2) is 39.7 Å². The van der Waals surface area contributed by atoms with E-state index in [0.717, 1.165) is 22.1 Å². The summed E-state index contributed by atoms with van der Waals surface area (Å²) in [6.07, 6.45) is 1.61. The van der Waals surface area contributed by atoms with Gasteiger partial charge in [0.05, 0.1) is 28.3 Å². The lowest BCUT2D eigenvalue weighted by atomic mass is 10.3. The molecule has 0 saturated carbocycles. The molecule has 3 heterocycles. The fourth-order valence-corrected chi connectivity index (χ4v) is 2.26. The molecule has 4 rings (SSSR count). The van der Waals surface area contributed by atoms with Crippen LogP contribution >= 0.6 is 0 Å². The van der Waals surface area contributed by atoms with Gasteiger partial charge in [-0.15, -0.1) is 0 Å². The first-order chi connectivity index (χ1) is 9.22. The number of fused-ring (bicyclic) bond motifs is 2. The molecule has 0 aliphatic rings. The highest BCUT2D eigenvalue weighted by Crippen LogP contribution is 2.23. The maximum Gasteiger partial charge on any atom is 0.326 e. The number of aromatic amines is 2. The van der Waals surface area contributed by atoms with E-state index in [1.165, 1.54) is 0 Å². The first-order valence-corrected chi connectivity index (χ1v) is 5.85. The Balaban J connectivity index is 2.04. The predicted octanol–water partition coefficient (Wildman–Crippen LogP) is 2.00. The number of rotatable bonds is 1. The molecule has 0 unspecified atom stereocenters. The average molecular weight is 254 g/mol. The zero-order valence-electron chi connectivity index (χ0n) is 10.1. The predicted molar refractivity (Wildman–Crippen MR) is 70.9 cm³/mol. The van der Waals surface area contributed by atoms with Crippen molar-refractivity contribution >= 4 is 22.1 Å². The standard InChI is InChI=1S/C13H10N4O2/c1-17-10-6-8-7(5-9(10)16-13(17)18)14-12(15-8)11-3-2-4-19-11/h2-6H,1H3,(H,14,15)(H,16,18). The summed E-state index contributed by atoms with van der Waals surface area (Å²) in [5, 5.41) is 0. The molecule has 6 heteroatoms. The minimum atomic E-state index is -0.131. The van der Waals surface area contributed by atoms with Crippen molar-refractivity contribution in [2.45, 2.75) is 0 Å². The smallest absolute Gasteiger partial charge is 0.326 e. The zero-order chi connectivity index (χ0) is 13.0. The van der Waals surface area contributed by atoms with Crippen molar-refractivity contribution < 1.29 is 4.42 Å². The van der Waals surface area contributed by atoms with Crippen LogP contribution in [0.4, 0.5) is 0 Å². The number of nitrogens with one attached hydrogen (secondary N) is 2. The topological polar surface area (TPSA) is 79.6 Å². The van der Waals surface area contributed by atoms with Gasteiger partial charge in [0.15, 0.2) is 11.6 Å². The van der Waals surface area contributed by atoms with E-state index in [0.29, 0.717) is 11.6 Å². The molecule has 0 fully saturated rings. The third-order valence-electron chi connectivity index (χ3n) is 3.26. The number of imidazole rings is 2. The van der Waals surface area contributed by atoms with E-state index in [4.69, 9.17) is 4.42 Å². The van der Waals surface area contributed by atoms with Crippen molar-refractivity contribution in [3.05, 3.63) is 41.0 Å². The number of aromatic nitrogens is 4. The lowest BCUT2D eigenvalue weighted by Gasteiger charge is -1.92. The van der Waals surface area contributed by atoms with Gasteiger partial charge < -0.3 is 14.4 Å². The summed E-state index contributed by atoms with van der Waals surface area (Å²) in [6.45, 7) is 0. The Hall–Kier alpha value is -2.76. The zero-order valence-corrected chi connectivity index (χ0v) is 10.1. The highest BCUT2D eigenvalue weighted by Gasteiger charge is 2.10. The summed E-state index contributed by atoms with van der Waals surface area (Å²) in [5.41, 5.74) is 3.15. The molecule has 0 aliphatic carbocycles. The lowest BCUT2D eigenvalue weighted by molar-refractivity contribution is 0.578. The van der Waals surface area contributed by atoms with E-state index in [1.807, 2.05) is 24.3 Å². The Morgan fingerprint density at radius 1 is 1.26 bits per heavy atom. The second-order valence-corrected chi connectivity index (χ2v) is 4.44. The van der Waals surface area contributed by atoms with E-state index in [2.05, 4.69) is 15.0 Å². The molecule has 0 spiro atoms. The molecule has 0 saturated heterocycles. The normalized spacial score (nSPS) is 11.6. The van der Waals surface area contributed by atoms with Crippen LogP contribution in [0.2, 0.25) is 0 Å². The molecular formula is C13H10N4O2. The molecule has 2 N–H and O–H groups in total. The fraction of sp³-hybridized carbons (Fsp3) is 0.0769. The van der Waals surface area contributed by atoms with Crippen LogP contribution in [0.1, 0.15) is 0 Å². The monoisotopic (exact) mass is 254 g/mol. The first kappa shape index (κ1) is 10.2. The molecule has 0 bridgehead atoms. The largest absolute Gasteiger partial charge is 0.461 e. The van der Waals surface area contributed by atoms with E-state index < -0.39 is 0 Å². The minimum Gasteiger partial charge on any atom is -0.461 e. The van der Waals surface area contributed by atoms with E-state index in [-0.39, 0.29) is 5.69 Å². The molecule has 4 aromatic rings. The number of nitrogens with zero attached hydrogens (tertiary/aromatic N) is 2. The van der Waals surface area contributed by atoms with E-state index >= 15 is 0 Å². The van der Waals surface area contributed by atoms with Crippen molar-refractivity contribution in [3.8, 4) is 11.6 Å². The molecule has 0 radical (unpaired) electrons. The third-order valence-corrected chi connectivity index (χ3v) is 3.26. The van der Waals surface area contributed by atoms with Gasteiger partial charge >= 0.3 is 5.69 Å². The molecule has 3 aromatic heterocycles. The number of hydrogen-bond donors (Lipinski definition) is 2. The third kappa shape index (κ3) is 1.36. The summed E-state index contributed by atoms with van der Waals surface area (Å²) < 4.78 is 6.88. The molecule has 1 aromatic carbocycles. The summed E-state index contributed by atoms with van der Waals surface area (Å²) in [5.74, 6) is 1.37. The number of furan rings is 1. The van der Waals surface area contributed by atoms with Crippen molar-refractivity contribution in [1.82, 2.24) is 19.5 Å². The van der Waals surface area contributed by atoms with Crippen molar-refractivity contribution in [3.63, 3.8) is 0 Å². The van der Waals surface area contributed by atoms with Crippen LogP contribution in [-0.4, -0.2) is 19.5 Å². The number of benzene rings is 1. The minimum absolute atomic E-state index is 0.131. The maximum absolute atomic E-state index is 11.6. The van der Waals surface area contributed by atoms with Crippen LogP contribution < -0.4 is 5.69 Å². The van der Waals surface area contributed by atoms with Crippen molar-refractivity contribution in [1.29, 1.82) is 0 Å². The molecule has 6 nitrogen and oxygen atoms in total. The number of aryl methyl sites for hydroxylation is 1. The molecule has 0 amide bonds. The Labute approximate surface area is 106 Å². The van der Waals surface area contributed by atoms with Crippen LogP contribution in [0, 0.1) is 0 Å². The summed E-state index contributed by atoms with van der Waals surface area (Å²) in [6, 6.07) is 7.42. The first-order valence-electron chi connectivity index (χ1n) is 5.85. The van der Waals surface area contributed by atoms with Gasteiger partial charge in [-0.2, -0.15) is 0 Å². The number of H-pyrrole nitrogens is 2. The van der Waals surface area contributed by atoms with Gasteiger partial charge in [0, 0.05) is 7.05 Å². The van der Waals surface area contributed by atoms with Gasteiger partial charge in [-0.1, -0.05) is 0 Å². The second kappa shape index (κ2) is 3.38. The number of hydrogen-bond acceptors (Lipinski definition) is 3. The van der Waals surface area contributed by atoms with Gasteiger partial charge in [0.1, 0.15) is 0 Å². The summed E-state index contributed by atoms with van der Waals surface area (Å²) in [4.78, 5) is 22.0. The van der Waals surface area contributed by atoms with E-state index in [1.54, 1.807) is 17.9 Å². The van der Waals surface area contributed by atoms with Crippen LogP contribution in [0.3, 0.4) is 0 Å². The van der Waals surface area contributed by atoms with Gasteiger partial charge in [-0.3, -0.25) is 4.57 Å². The lowest BCUT2D eigenvalue weighted by Crippen LogP contribution is -2.11. The second-order valence-electron chi connectivity index (χ2n) is 4.44. The molecule has 94 valence electrons. The van der Waals surface area contributed by atoms with Gasteiger partial charge in [-0.05, 0) is 24.3 Å². The fourth-order valence-electron chi connectivity index (χ4n) is 2.26. The Kier molecular flexibility index (Phi) is 1.81. The quantitative estimate of drug-likeness (QED) is 0.545.